The molecule has 0 radical (unpaired) electrons. The number of hydrogen-bond donors (Lipinski definition) is 1. The van der Waals surface area contributed by atoms with Gasteiger partial charge in [0.1, 0.15) is 0 Å². The first-order valence-corrected chi connectivity index (χ1v) is 7.98. The van der Waals surface area contributed by atoms with Crippen LogP contribution in [0.4, 0.5) is 0 Å². The molecule has 1 aliphatic rings. The van der Waals surface area contributed by atoms with Crippen LogP contribution < -0.4 is 5.32 Å². The monoisotopic (exact) mass is 283 g/mol. The van der Waals surface area contributed by atoms with Gasteiger partial charge in [0.2, 0.25) is 0 Å². The van der Waals surface area contributed by atoms with E-state index in [0.29, 0.717) is 6.04 Å². The van der Waals surface area contributed by atoms with Crippen LogP contribution in [0.3, 0.4) is 0 Å². The average molecular weight is 283 g/mol. The molecule has 4 heteroatoms. The van der Waals surface area contributed by atoms with Crippen LogP contribution in [0.2, 0.25) is 0 Å². The van der Waals surface area contributed by atoms with Crippen molar-refractivity contribution < 1.29 is 0 Å². The Morgan fingerprint density at radius 3 is 3.10 bits per heavy atom. The number of nitrogens with zero attached hydrogens (tertiary/aromatic N) is 2. The van der Waals surface area contributed by atoms with E-state index in [1.165, 1.54) is 24.0 Å². The van der Waals surface area contributed by atoms with Crippen LogP contribution in [-0.4, -0.2) is 15.4 Å². The average Bonchev–Trinajstić information content (AvgIpc) is 3.06. The van der Waals surface area contributed by atoms with Crippen LogP contribution >= 0.6 is 11.3 Å². The zero-order valence-corrected chi connectivity index (χ0v) is 12.1. The topological polar surface area (TPSA) is 29.3 Å². The largest absolute Gasteiger partial charge is 0.308 e. The summed E-state index contributed by atoms with van der Waals surface area (Å²) in [6, 6.07) is 9.38. The van der Waals surface area contributed by atoms with Crippen molar-refractivity contribution in [2.24, 2.45) is 0 Å². The lowest BCUT2D eigenvalue weighted by Crippen LogP contribution is -2.34. The summed E-state index contributed by atoms with van der Waals surface area (Å²) in [5.74, 6) is 0. The van der Waals surface area contributed by atoms with E-state index in [1.807, 2.05) is 0 Å². The minimum Gasteiger partial charge on any atom is -0.308 e. The van der Waals surface area contributed by atoms with Crippen molar-refractivity contribution in [3.63, 3.8) is 0 Å². The summed E-state index contributed by atoms with van der Waals surface area (Å²) in [6.45, 7) is 0.862. The quantitative estimate of drug-likeness (QED) is 0.800. The molecule has 20 heavy (non-hydrogen) atoms. The predicted octanol–water partition coefficient (Wildman–Crippen LogP) is 3.04. The van der Waals surface area contributed by atoms with Gasteiger partial charge in [-0.3, -0.25) is 4.40 Å². The lowest BCUT2D eigenvalue weighted by atomic mass is 9.88. The highest BCUT2D eigenvalue weighted by Gasteiger charge is 2.17. The molecule has 1 atom stereocenters. The smallest absolute Gasteiger partial charge is 0.193 e. The second-order valence-corrected chi connectivity index (χ2v) is 6.29. The Kier molecular flexibility index (Phi) is 3.05. The van der Waals surface area contributed by atoms with Gasteiger partial charge in [-0.25, -0.2) is 4.98 Å². The molecule has 3 nitrogen and oxygen atoms in total. The maximum atomic E-state index is 4.62. The first kappa shape index (κ1) is 12.1. The minimum atomic E-state index is 0.574. The minimum absolute atomic E-state index is 0.574. The third-order valence-electron chi connectivity index (χ3n) is 4.06. The number of aryl methyl sites for hydroxylation is 1. The van der Waals surface area contributed by atoms with Crippen LogP contribution in [0, 0.1) is 0 Å². The third kappa shape index (κ3) is 2.25. The van der Waals surface area contributed by atoms with Crippen LogP contribution in [0.1, 0.15) is 23.2 Å². The summed E-state index contributed by atoms with van der Waals surface area (Å²) < 4.78 is 2.10. The van der Waals surface area contributed by atoms with Crippen molar-refractivity contribution in [3.8, 4) is 0 Å². The second-order valence-electron chi connectivity index (χ2n) is 5.41. The number of nitrogens with one attached hydrogen (secondary N) is 1. The number of hydrogen-bond acceptors (Lipinski definition) is 3. The highest BCUT2D eigenvalue weighted by molar-refractivity contribution is 7.15. The first-order chi connectivity index (χ1) is 9.88. The Balaban J connectivity index is 1.42. The Bertz CT molecular complexity index is 699. The molecule has 4 rings (SSSR count). The Labute approximate surface area is 122 Å². The van der Waals surface area contributed by atoms with Crippen molar-refractivity contribution in [1.29, 1.82) is 0 Å². The first-order valence-electron chi connectivity index (χ1n) is 7.10. The number of rotatable bonds is 3. The van der Waals surface area contributed by atoms with Crippen molar-refractivity contribution in [1.82, 2.24) is 14.7 Å². The zero-order valence-electron chi connectivity index (χ0n) is 11.2. The van der Waals surface area contributed by atoms with Gasteiger partial charge in [-0.2, -0.15) is 0 Å². The van der Waals surface area contributed by atoms with Crippen LogP contribution in [0.25, 0.3) is 4.96 Å². The van der Waals surface area contributed by atoms with E-state index in [2.05, 4.69) is 56.7 Å². The fourth-order valence-electron chi connectivity index (χ4n) is 2.98. The Hall–Kier alpha value is -1.65. The van der Waals surface area contributed by atoms with E-state index in [-0.39, 0.29) is 0 Å². The van der Waals surface area contributed by atoms with Crippen LogP contribution in [0.5, 0.6) is 0 Å². The molecule has 2 heterocycles. The molecule has 1 unspecified atom stereocenters. The van der Waals surface area contributed by atoms with Gasteiger partial charge in [0.05, 0.1) is 5.69 Å². The van der Waals surface area contributed by atoms with E-state index in [0.717, 1.165) is 23.6 Å². The second kappa shape index (κ2) is 5.04. The van der Waals surface area contributed by atoms with Gasteiger partial charge in [-0.05, 0) is 30.4 Å². The molecule has 0 aliphatic heterocycles. The third-order valence-corrected chi connectivity index (χ3v) is 4.83. The normalized spacial score (nSPS) is 18.3. The van der Waals surface area contributed by atoms with Gasteiger partial charge in [-0.1, -0.05) is 24.3 Å². The Morgan fingerprint density at radius 2 is 2.20 bits per heavy atom. The Morgan fingerprint density at radius 1 is 1.30 bits per heavy atom. The molecular formula is C16H17N3S. The molecular weight excluding hydrogens is 266 g/mol. The molecule has 0 amide bonds. The van der Waals surface area contributed by atoms with Gasteiger partial charge < -0.3 is 5.32 Å². The molecule has 1 N–H and O–H groups in total. The molecule has 0 saturated heterocycles. The molecule has 3 aromatic rings. The molecule has 1 aromatic carbocycles. The molecule has 2 aromatic heterocycles. The molecule has 102 valence electrons. The van der Waals surface area contributed by atoms with Gasteiger partial charge in [-0.15, -0.1) is 11.3 Å². The molecule has 0 saturated carbocycles. The van der Waals surface area contributed by atoms with E-state index >= 15 is 0 Å². The predicted molar refractivity (Wildman–Crippen MR) is 82.2 cm³/mol. The summed E-state index contributed by atoms with van der Waals surface area (Å²) in [5, 5.41) is 5.73. The van der Waals surface area contributed by atoms with Crippen LogP contribution in [-0.2, 0) is 19.4 Å². The highest BCUT2D eigenvalue weighted by atomic mass is 32.1. The summed E-state index contributed by atoms with van der Waals surface area (Å²) in [5.41, 5.74) is 4.16. The van der Waals surface area contributed by atoms with Gasteiger partial charge in [0.25, 0.3) is 0 Å². The maximum absolute atomic E-state index is 4.62. The lowest BCUT2D eigenvalue weighted by molar-refractivity contribution is 0.455. The maximum Gasteiger partial charge on any atom is 0.193 e. The molecule has 0 fully saturated rings. The van der Waals surface area contributed by atoms with E-state index in [1.54, 1.807) is 11.3 Å². The lowest BCUT2D eigenvalue weighted by Gasteiger charge is -2.25. The van der Waals surface area contributed by atoms with Crippen molar-refractivity contribution in [3.05, 3.63) is 58.9 Å². The van der Waals surface area contributed by atoms with Gasteiger partial charge >= 0.3 is 0 Å². The van der Waals surface area contributed by atoms with E-state index in [4.69, 9.17) is 0 Å². The molecule has 1 aliphatic carbocycles. The number of imidazole rings is 1. The summed E-state index contributed by atoms with van der Waals surface area (Å²) in [4.78, 5) is 5.70. The zero-order chi connectivity index (χ0) is 13.4. The van der Waals surface area contributed by atoms with Crippen molar-refractivity contribution in [2.75, 3.05) is 0 Å². The van der Waals surface area contributed by atoms with Gasteiger partial charge in [0.15, 0.2) is 4.96 Å². The summed E-state index contributed by atoms with van der Waals surface area (Å²) in [7, 11) is 0. The van der Waals surface area contributed by atoms with Gasteiger partial charge in [0, 0.05) is 30.4 Å². The molecule has 0 spiro atoms. The van der Waals surface area contributed by atoms with Crippen molar-refractivity contribution in [2.45, 2.75) is 31.8 Å². The van der Waals surface area contributed by atoms with E-state index < -0.39 is 0 Å². The van der Waals surface area contributed by atoms with Crippen molar-refractivity contribution >= 4 is 16.3 Å². The standard InChI is InChI=1S/C16H17N3S/c1-2-4-13-9-14(6-5-12(13)3-1)17-10-15-11-19-7-8-20-16(19)18-15/h1-4,7-8,11,14,17H,5-6,9-10H2. The number of fused-ring (bicyclic) bond motifs is 2. The summed E-state index contributed by atoms with van der Waals surface area (Å²) >= 11 is 1.68. The molecule has 0 bridgehead atoms. The highest BCUT2D eigenvalue weighted by Crippen LogP contribution is 2.21. The number of aromatic nitrogens is 2. The van der Waals surface area contributed by atoms with Crippen LogP contribution in [0.15, 0.2) is 42.0 Å². The number of benzene rings is 1. The number of thiazole rings is 1. The summed E-state index contributed by atoms with van der Waals surface area (Å²) in [6.07, 6.45) is 7.73. The fourth-order valence-corrected chi connectivity index (χ4v) is 3.70. The SMILES string of the molecule is c1ccc2c(c1)CCC(NCc1cn3ccsc3n1)C2. The fraction of sp³-hybridized carbons (Fsp3) is 0.312. The van der Waals surface area contributed by atoms with E-state index in [9.17, 15) is 0 Å².